The Balaban J connectivity index is 2.02. The molecule has 5 heteroatoms. The molecule has 21 heavy (non-hydrogen) atoms. The van der Waals surface area contributed by atoms with Gasteiger partial charge in [0, 0.05) is 32.1 Å². The summed E-state index contributed by atoms with van der Waals surface area (Å²) >= 11 is 0. The number of ether oxygens (including phenoxy) is 1. The molecular formula is C16H18N2O3. The molecule has 1 heterocycles. The zero-order chi connectivity index (χ0) is 15.2. The average molecular weight is 286 g/mol. The first-order chi connectivity index (χ1) is 10.1. The third-order valence-electron chi connectivity index (χ3n) is 3.27. The molecule has 0 radical (unpaired) electrons. The third kappa shape index (κ3) is 3.72. The Morgan fingerprint density at radius 3 is 2.62 bits per heavy atom. The molecule has 0 saturated carbocycles. The Morgan fingerprint density at radius 1 is 1.29 bits per heavy atom. The fourth-order valence-electron chi connectivity index (χ4n) is 1.97. The molecule has 0 aliphatic carbocycles. The van der Waals surface area contributed by atoms with E-state index in [0.717, 1.165) is 12.0 Å². The summed E-state index contributed by atoms with van der Waals surface area (Å²) in [4.78, 5) is 17.8. The first kappa shape index (κ1) is 14.8. The molecule has 1 N–H and O–H groups in total. The lowest BCUT2D eigenvalue weighted by Crippen LogP contribution is -2.28. The van der Waals surface area contributed by atoms with Crippen molar-refractivity contribution < 1.29 is 14.6 Å². The molecule has 1 aromatic heterocycles. The molecule has 0 bridgehead atoms. The number of hydrogen-bond donors (Lipinski definition) is 1. The van der Waals surface area contributed by atoms with Crippen LogP contribution in [0.4, 0.5) is 0 Å². The number of phenolic OH excluding ortho intramolecular Hbond substituents is 1. The van der Waals surface area contributed by atoms with Gasteiger partial charge < -0.3 is 14.7 Å². The second-order valence-electron chi connectivity index (χ2n) is 4.72. The van der Waals surface area contributed by atoms with Crippen molar-refractivity contribution in [2.45, 2.75) is 6.42 Å². The van der Waals surface area contributed by atoms with Crippen molar-refractivity contribution in [2.75, 3.05) is 20.7 Å². The monoisotopic (exact) mass is 286 g/mol. The number of pyridine rings is 1. The number of rotatable bonds is 5. The molecular weight excluding hydrogens is 268 g/mol. The van der Waals surface area contributed by atoms with Crippen LogP contribution in [0.2, 0.25) is 0 Å². The first-order valence-electron chi connectivity index (χ1n) is 6.63. The summed E-state index contributed by atoms with van der Waals surface area (Å²) in [5, 5.41) is 9.89. The van der Waals surface area contributed by atoms with Crippen LogP contribution in [0.1, 0.15) is 15.9 Å². The van der Waals surface area contributed by atoms with E-state index in [4.69, 9.17) is 4.74 Å². The molecule has 0 aliphatic heterocycles. The van der Waals surface area contributed by atoms with Crippen LogP contribution in [0.15, 0.2) is 42.7 Å². The summed E-state index contributed by atoms with van der Waals surface area (Å²) in [5.74, 6) is 0.225. The molecule has 2 aromatic rings. The Morgan fingerprint density at radius 2 is 2.00 bits per heavy atom. The van der Waals surface area contributed by atoms with Gasteiger partial charge in [0.15, 0.2) is 0 Å². The lowest BCUT2D eigenvalue weighted by Gasteiger charge is -2.18. The first-order valence-corrected chi connectivity index (χ1v) is 6.63. The van der Waals surface area contributed by atoms with Crippen molar-refractivity contribution >= 4 is 5.91 Å². The van der Waals surface area contributed by atoms with Crippen molar-refractivity contribution in [3.8, 4) is 11.5 Å². The van der Waals surface area contributed by atoms with Crippen molar-refractivity contribution in [2.24, 2.45) is 0 Å². The number of benzene rings is 1. The van der Waals surface area contributed by atoms with E-state index in [9.17, 15) is 9.90 Å². The van der Waals surface area contributed by atoms with E-state index in [1.807, 2.05) is 12.1 Å². The summed E-state index contributed by atoms with van der Waals surface area (Å²) in [6.07, 6.45) is 4.20. The molecule has 5 nitrogen and oxygen atoms in total. The minimum atomic E-state index is -0.218. The zero-order valence-corrected chi connectivity index (χ0v) is 12.1. The predicted molar refractivity (Wildman–Crippen MR) is 79.6 cm³/mol. The standard InChI is InChI=1S/C16H18N2O3/c1-18(10-7-12-5-8-17-9-6-12)16(20)14-4-3-13(21-2)11-15(14)19/h3-6,8-9,11,19H,7,10H2,1-2H3. The van der Waals surface area contributed by atoms with E-state index in [0.29, 0.717) is 12.3 Å². The summed E-state index contributed by atoms with van der Waals surface area (Å²) in [5.41, 5.74) is 1.39. The van der Waals surface area contributed by atoms with Crippen LogP contribution in [0, 0.1) is 0 Å². The highest BCUT2D eigenvalue weighted by molar-refractivity contribution is 5.96. The fourth-order valence-corrected chi connectivity index (χ4v) is 1.97. The normalized spacial score (nSPS) is 10.2. The van der Waals surface area contributed by atoms with Crippen LogP contribution in [0.25, 0.3) is 0 Å². The number of hydrogen-bond acceptors (Lipinski definition) is 4. The minimum absolute atomic E-state index is 0.0740. The Bertz CT molecular complexity index is 614. The van der Waals surface area contributed by atoms with Gasteiger partial charge in [-0.05, 0) is 36.2 Å². The van der Waals surface area contributed by atoms with Crippen LogP contribution < -0.4 is 4.74 Å². The van der Waals surface area contributed by atoms with Crippen LogP contribution in [-0.4, -0.2) is 41.6 Å². The van der Waals surface area contributed by atoms with E-state index < -0.39 is 0 Å². The minimum Gasteiger partial charge on any atom is -0.507 e. The number of aromatic hydroxyl groups is 1. The summed E-state index contributed by atoms with van der Waals surface area (Å²) < 4.78 is 5.00. The second-order valence-corrected chi connectivity index (χ2v) is 4.72. The summed E-state index contributed by atoms with van der Waals surface area (Å²) in [6, 6.07) is 8.50. The molecule has 0 saturated heterocycles. The van der Waals surface area contributed by atoms with Crippen LogP contribution >= 0.6 is 0 Å². The highest BCUT2D eigenvalue weighted by Crippen LogP contribution is 2.24. The van der Waals surface area contributed by atoms with E-state index in [2.05, 4.69) is 4.98 Å². The van der Waals surface area contributed by atoms with Crippen molar-refractivity contribution in [1.82, 2.24) is 9.88 Å². The molecule has 110 valence electrons. The molecule has 2 rings (SSSR count). The summed E-state index contributed by atoms with van der Waals surface area (Å²) in [7, 11) is 3.23. The van der Waals surface area contributed by atoms with Gasteiger partial charge in [-0.3, -0.25) is 9.78 Å². The number of aromatic nitrogens is 1. The van der Waals surface area contributed by atoms with Gasteiger partial charge in [-0.15, -0.1) is 0 Å². The summed E-state index contributed by atoms with van der Waals surface area (Å²) in [6.45, 7) is 0.564. The number of amides is 1. The SMILES string of the molecule is COc1ccc(C(=O)N(C)CCc2ccncc2)c(O)c1. The van der Waals surface area contributed by atoms with Gasteiger partial charge in [0.05, 0.1) is 12.7 Å². The maximum Gasteiger partial charge on any atom is 0.257 e. The third-order valence-corrected chi connectivity index (χ3v) is 3.27. The Labute approximate surface area is 123 Å². The van der Waals surface area contributed by atoms with E-state index >= 15 is 0 Å². The largest absolute Gasteiger partial charge is 0.507 e. The van der Waals surface area contributed by atoms with Gasteiger partial charge in [0.1, 0.15) is 11.5 Å². The van der Waals surface area contributed by atoms with E-state index in [1.54, 1.807) is 36.5 Å². The van der Waals surface area contributed by atoms with Gasteiger partial charge in [-0.25, -0.2) is 0 Å². The molecule has 0 fully saturated rings. The van der Waals surface area contributed by atoms with Gasteiger partial charge in [0.25, 0.3) is 5.91 Å². The average Bonchev–Trinajstić information content (AvgIpc) is 2.52. The van der Waals surface area contributed by atoms with Gasteiger partial charge in [-0.1, -0.05) is 0 Å². The Kier molecular flexibility index (Phi) is 4.77. The quantitative estimate of drug-likeness (QED) is 0.914. The zero-order valence-electron chi connectivity index (χ0n) is 12.1. The lowest BCUT2D eigenvalue weighted by atomic mass is 10.1. The van der Waals surface area contributed by atoms with Gasteiger partial charge >= 0.3 is 0 Å². The van der Waals surface area contributed by atoms with Crippen molar-refractivity contribution in [1.29, 1.82) is 0 Å². The number of carbonyl (C=O) groups is 1. The Hall–Kier alpha value is -2.56. The molecule has 0 aliphatic rings. The van der Waals surface area contributed by atoms with E-state index in [1.165, 1.54) is 13.2 Å². The van der Waals surface area contributed by atoms with Crippen molar-refractivity contribution in [3.63, 3.8) is 0 Å². The highest BCUT2D eigenvalue weighted by Gasteiger charge is 2.16. The molecule has 0 atom stereocenters. The molecule has 0 spiro atoms. The smallest absolute Gasteiger partial charge is 0.257 e. The van der Waals surface area contributed by atoms with Crippen molar-refractivity contribution in [3.05, 3.63) is 53.9 Å². The molecule has 1 aromatic carbocycles. The van der Waals surface area contributed by atoms with Gasteiger partial charge in [0.2, 0.25) is 0 Å². The second kappa shape index (κ2) is 6.74. The van der Waals surface area contributed by atoms with Crippen LogP contribution in [-0.2, 0) is 6.42 Å². The predicted octanol–water partition coefficient (Wildman–Crippen LogP) is 2.11. The highest BCUT2D eigenvalue weighted by atomic mass is 16.5. The molecule has 0 unspecified atom stereocenters. The number of methoxy groups -OCH3 is 1. The van der Waals surface area contributed by atoms with Crippen LogP contribution in [0.3, 0.4) is 0 Å². The van der Waals surface area contributed by atoms with Crippen LogP contribution in [0.5, 0.6) is 11.5 Å². The maximum atomic E-state index is 12.3. The number of phenols is 1. The van der Waals surface area contributed by atoms with E-state index in [-0.39, 0.29) is 17.2 Å². The maximum absolute atomic E-state index is 12.3. The number of nitrogens with zero attached hydrogens (tertiary/aromatic N) is 2. The fraction of sp³-hybridized carbons (Fsp3) is 0.250. The molecule has 1 amide bonds. The van der Waals surface area contributed by atoms with Gasteiger partial charge in [-0.2, -0.15) is 0 Å². The topological polar surface area (TPSA) is 62.7 Å². The number of carbonyl (C=O) groups excluding carboxylic acids is 1. The number of likely N-dealkylation sites (N-methyl/N-ethyl adjacent to an activating group) is 1. The lowest BCUT2D eigenvalue weighted by molar-refractivity contribution is 0.0793.